The molecule has 0 aromatic heterocycles. The average Bonchev–Trinajstić information content (AvgIpc) is 2.30. The highest BCUT2D eigenvalue weighted by molar-refractivity contribution is 5.85. The lowest BCUT2D eigenvalue weighted by Gasteiger charge is -2.29. The minimum Gasteiger partial charge on any atom is -0.396 e. The van der Waals surface area contributed by atoms with Gasteiger partial charge < -0.3 is 15.7 Å². The number of amides is 1. The van der Waals surface area contributed by atoms with E-state index in [0.717, 1.165) is 19.4 Å². The van der Waals surface area contributed by atoms with Gasteiger partial charge in [0.25, 0.3) is 0 Å². The Morgan fingerprint density at radius 3 is 2.17 bits per heavy atom. The number of hydrogen-bond acceptors (Lipinski definition) is 3. The summed E-state index contributed by atoms with van der Waals surface area (Å²) < 4.78 is 0. The first-order valence-electron chi connectivity index (χ1n) is 7.12. The molecule has 0 aromatic rings. The maximum absolute atomic E-state index is 12.1. The largest absolute Gasteiger partial charge is 0.396 e. The molecular weight excluding hydrogens is 228 g/mol. The number of aliphatic hydroxyl groups excluding tert-OH is 1. The van der Waals surface area contributed by atoms with Crippen LogP contribution in [0.15, 0.2) is 0 Å². The Labute approximate surface area is 112 Å². The molecule has 0 aliphatic rings. The summed E-state index contributed by atoms with van der Waals surface area (Å²) in [4.78, 5) is 13.9. The second-order valence-electron chi connectivity index (χ2n) is 5.51. The minimum atomic E-state index is -0.821. The first-order valence-corrected chi connectivity index (χ1v) is 7.12. The standard InChI is InChI=1S/C14H30N2O2/c1-4-5-6-7-8-10-16(11-9-12-17)13(18)14(2,3)15/h17H,4-12,15H2,1-3H3. The van der Waals surface area contributed by atoms with Crippen LogP contribution in [0.3, 0.4) is 0 Å². The van der Waals surface area contributed by atoms with Crippen molar-refractivity contribution >= 4 is 5.91 Å². The van der Waals surface area contributed by atoms with Crippen molar-refractivity contribution in [3.63, 3.8) is 0 Å². The summed E-state index contributed by atoms with van der Waals surface area (Å²) >= 11 is 0. The van der Waals surface area contributed by atoms with Gasteiger partial charge in [-0.2, -0.15) is 0 Å². The molecule has 0 heterocycles. The Morgan fingerprint density at radius 2 is 1.67 bits per heavy atom. The molecule has 0 saturated heterocycles. The molecule has 0 spiro atoms. The van der Waals surface area contributed by atoms with Crippen molar-refractivity contribution in [3.05, 3.63) is 0 Å². The fourth-order valence-electron chi connectivity index (χ4n) is 1.89. The number of carbonyl (C=O) groups excluding carboxylic acids is 1. The number of nitrogens with two attached hydrogens (primary N) is 1. The van der Waals surface area contributed by atoms with Crippen LogP contribution in [0.4, 0.5) is 0 Å². The number of hydrogen-bond donors (Lipinski definition) is 2. The number of nitrogens with zero attached hydrogens (tertiary/aromatic N) is 1. The quantitative estimate of drug-likeness (QED) is 0.588. The predicted octanol–water partition coefficient (Wildman–Crippen LogP) is 1.91. The zero-order chi connectivity index (χ0) is 14.0. The molecule has 0 rings (SSSR count). The van der Waals surface area contributed by atoms with Crippen molar-refractivity contribution in [2.75, 3.05) is 19.7 Å². The van der Waals surface area contributed by atoms with Crippen LogP contribution in [0.25, 0.3) is 0 Å². The molecule has 0 aliphatic heterocycles. The van der Waals surface area contributed by atoms with E-state index in [-0.39, 0.29) is 12.5 Å². The lowest BCUT2D eigenvalue weighted by molar-refractivity contribution is -0.136. The van der Waals surface area contributed by atoms with Crippen molar-refractivity contribution in [1.82, 2.24) is 4.90 Å². The molecule has 0 aromatic carbocycles. The molecule has 0 fully saturated rings. The Morgan fingerprint density at radius 1 is 1.11 bits per heavy atom. The fourth-order valence-corrected chi connectivity index (χ4v) is 1.89. The molecule has 18 heavy (non-hydrogen) atoms. The molecule has 4 nitrogen and oxygen atoms in total. The van der Waals surface area contributed by atoms with Gasteiger partial charge in [-0.1, -0.05) is 32.6 Å². The molecule has 0 unspecified atom stereocenters. The molecule has 0 aliphatic carbocycles. The topological polar surface area (TPSA) is 66.6 Å². The molecule has 0 saturated carbocycles. The monoisotopic (exact) mass is 258 g/mol. The third-order valence-corrected chi connectivity index (χ3v) is 2.96. The smallest absolute Gasteiger partial charge is 0.242 e. The van der Waals surface area contributed by atoms with Crippen LogP contribution in [0.5, 0.6) is 0 Å². The molecule has 0 bridgehead atoms. The van der Waals surface area contributed by atoms with E-state index >= 15 is 0 Å². The van der Waals surface area contributed by atoms with Gasteiger partial charge in [0.05, 0.1) is 5.54 Å². The summed E-state index contributed by atoms with van der Waals surface area (Å²) in [6.07, 6.45) is 6.51. The third-order valence-electron chi connectivity index (χ3n) is 2.96. The van der Waals surface area contributed by atoms with Crippen LogP contribution in [-0.4, -0.2) is 41.1 Å². The molecule has 0 radical (unpaired) electrons. The van der Waals surface area contributed by atoms with Gasteiger partial charge in [-0.15, -0.1) is 0 Å². The number of aliphatic hydroxyl groups is 1. The van der Waals surface area contributed by atoms with Crippen molar-refractivity contribution in [3.8, 4) is 0 Å². The Kier molecular flexibility index (Phi) is 9.02. The molecule has 108 valence electrons. The highest BCUT2D eigenvalue weighted by atomic mass is 16.3. The number of rotatable bonds is 10. The van der Waals surface area contributed by atoms with Gasteiger partial charge in [0.2, 0.25) is 5.91 Å². The minimum absolute atomic E-state index is 0.0218. The lowest BCUT2D eigenvalue weighted by atomic mass is 10.0. The van der Waals surface area contributed by atoms with E-state index in [0.29, 0.717) is 13.0 Å². The molecule has 3 N–H and O–H groups in total. The van der Waals surface area contributed by atoms with E-state index < -0.39 is 5.54 Å². The van der Waals surface area contributed by atoms with E-state index in [4.69, 9.17) is 10.8 Å². The van der Waals surface area contributed by atoms with Gasteiger partial charge in [-0.3, -0.25) is 4.79 Å². The SMILES string of the molecule is CCCCCCCN(CCCO)C(=O)C(C)(C)N. The Bertz CT molecular complexity index is 224. The lowest BCUT2D eigenvalue weighted by Crippen LogP contribution is -2.51. The fraction of sp³-hybridized carbons (Fsp3) is 0.929. The van der Waals surface area contributed by atoms with Crippen molar-refractivity contribution in [2.45, 2.75) is 64.8 Å². The van der Waals surface area contributed by atoms with Gasteiger partial charge >= 0.3 is 0 Å². The zero-order valence-electron chi connectivity index (χ0n) is 12.2. The van der Waals surface area contributed by atoms with Gasteiger partial charge in [0.1, 0.15) is 0 Å². The first kappa shape index (κ1) is 17.4. The van der Waals surface area contributed by atoms with Crippen LogP contribution >= 0.6 is 0 Å². The van der Waals surface area contributed by atoms with E-state index in [1.165, 1.54) is 19.3 Å². The average molecular weight is 258 g/mol. The van der Waals surface area contributed by atoms with Crippen molar-refractivity contribution < 1.29 is 9.90 Å². The van der Waals surface area contributed by atoms with Gasteiger partial charge in [0, 0.05) is 19.7 Å². The van der Waals surface area contributed by atoms with Crippen molar-refractivity contribution in [1.29, 1.82) is 0 Å². The van der Waals surface area contributed by atoms with Crippen LogP contribution in [-0.2, 0) is 4.79 Å². The van der Waals surface area contributed by atoms with E-state index in [1.807, 2.05) is 0 Å². The summed E-state index contributed by atoms with van der Waals surface area (Å²) in [5, 5.41) is 8.87. The molecule has 0 atom stereocenters. The van der Waals surface area contributed by atoms with Crippen LogP contribution in [0.2, 0.25) is 0 Å². The molecule has 1 amide bonds. The van der Waals surface area contributed by atoms with Gasteiger partial charge in [0.15, 0.2) is 0 Å². The third kappa shape index (κ3) is 7.67. The van der Waals surface area contributed by atoms with Gasteiger partial charge in [-0.05, 0) is 26.7 Å². The second-order valence-corrected chi connectivity index (χ2v) is 5.51. The second kappa shape index (κ2) is 9.34. The highest BCUT2D eigenvalue weighted by Gasteiger charge is 2.27. The summed E-state index contributed by atoms with van der Waals surface area (Å²) in [7, 11) is 0. The van der Waals surface area contributed by atoms with Crippen molar-refractivity contribution in [2.24, 2.45) is 5.73 Å². The zero-order valence-corrected chi connectivity index (χ0v) is 12.2. The number of unbranched alkanes of at least 4 members (excludes halogenated alkanes) is 4. The summed E-state index contributed by atoms with van der Waals surface area (Å²) in [6.45, 7) is 7.13. The first-order chi connectivity index (χ1) is 8.43. The highest BCUT2D eigenvalue weighted by Crippen LogP contribution is 2.09. The van der Waals surface area contributed by atoms with E-state index in [2.05, 4.69) is 6.92 Å². The van der Waals surface area contributed by atoms with E-state index in [1.54, 1.807) is 18.7 Å². The molecule has 4 heteroatoms. The Hall–Kier alpha value is -0.610. The van der Waals surface area contributed by atoms with Gasteiger partial charge in [-0.25, -0.2) is 0 Å². The van der Waals surface area contributed by atoms with Crippen LogP contribution in [0.1, 0.15) is 59.3 Å². The Balaban J connectivity index is 4.11. The molecular formula is C14H30N2O2. The summed E-state index contributed by atoms with van der Waals surface area (Å²) in [5.41, 5.74) is 5.03. The van der Waals surface area contributed by atoms with Crippen LogP contribution < -0.4 is 5.73 Å². The number of carbonyl (C=O) groups is 1. The maximum atomic E-state index is 12.1. The summed E-state index contributed by atoms with van der Waals surface area (Å²) in [6, 6.07) is 0. The maximum Gasteiger partial charge on any atom is 0.242 e. The summed E-state index contributed by atoms with van der Waals surface area (Å²) in [5.74, 6) is -0.0218. The van der Waals surface area contributed by atoms with E-state index in [9.17, 15) is 4.79 Å². The normalized spacial score (nSPS) is 11.6. The predicted molar refractivity (Wildman–Crippen MR) is 75.3 cm³/mol. The van der Waals surface area contributed by atoms with Crippen LogP contribution in [0, 0.1) is 0 Å².